The fourth-order valence-corrected chi connectivity index (χ4v) is 3.02. The number of thioether (sulfide) groups is 1. The van der Waals surface area contributed by atoms with E-state index in [1.54, 1.807) is 30.3 Å². The number of para-hydroxylation sites is 1. The van der Waals surface area contributed by atoms with Crippen LogP contribution < -0.4 is 11.0 Å². The molecule has 3 rings (SSSR count). The highest BCUT2D eigenvalue weighted by Crippen LogP contribution is 2.32. The van der Waals surface area contributed by atoms with Gasteiger partial charge in [-0.2, -0.15) is 13.2 Å². The number of benzene rings is 1. The summed E-state index contributed by atoms with van der Waals surface area (Å²) in [5.41, 5.74) is 0.172. The molecule has 2 aromatic heterocycles. The van der Waals surface area contributed by atoms with E-state index in [9.17, 15) is 22.8 Å². The number of pyridine rings is 1. The molecule has 2 heterocycles. The molecule has 1 aromatic carbocycles. The third-order valence-corrected chi connectivity index (χ3v) is 4.47. The molecule has 0 saturated heterocycles. The largest absolute Gasteiger partial charge is 0.398 e. The smallest absolute Gasteiger partial charge is 0.323 e. The number of hydrogen-bond acceptors (Lipinski definition) is 4. The predicted octanol–water partition coefficient (Wildman–Crippen LogP) is 2.79. The molecule has 1 amide bonds. The van der Waals surface area contributed by atoms with Gasteiger partial charge in [0.25, 0.3) is 0 Å². The van der Waals surface area contributed by atoms with Gasteiger partial charge in [-0.05, 0) is 24.3 Å². The van der Waals surface area contributed by atoms with Gasteiger partial charge in [-0.15, -0.1) is 16.9 Å². The number of amides is 1. The summed E-state index contributed by atoms with van der Waals surface area (Å²) in [4.78, 5) is 24.7. The second kappa shape index (κ2) is 7.24. The van der Waals surface area contributed by atoms with Crippen LogP contribution in [0.4, 0.5) is 18.9 Å². The summed E-state index contributed by atoms with van der Waals surface area (Å²) in [6.07, 6.45) is -2.78. The lowest BCUT2D eigenvalue weighted by molar-refractivity contribution is -0.117. The second-order valence-electron chi connectivity index (χ2n) is 5.32. The first-order valence-corrected chi connectivity index (χ1v) is 8.45. The number of nitrogens with one attached hydrogen (secondary N) is 1. The normalized spacial score (nSPS) is 11.7. The summed E-state index contributed by atoms with van der Waals surface area (Å²) in [6, 6.07) is 11.2. The number of nitrogens with zero attached hydrogens (tertiary/aromatic N) is 3. The summed E-state index contributed by atoms with van der Waals surface area (Å²) in [7, 11) is 0. The molecule has 0 radical (unpaired) electrons. The first-order valence-electron chi connectivity index (χ1n) is 7.46. The first-order chi connectivity index (χ1) is 12.3. The summed E-state index contributed by atoms with van der Waals surface area (Å²) < 4.78 is 39.5. The van der Waals surface area contributed by atoms with Gasteiger partial charge < -0.3 is 5.32 Å². The van der Waals surface area contributed by atoms with Crippen LogP contribution in [-0.4, -0.2) is 32.0 Å². The molecule has 0 unspecified atom stereocenters. The number of anilines is 1. The summed E-state index contributed by atoms with van der Waals surface area (Å²) in [5.74, 6) is -1.62. The Balaban J connectivity index is 1.74. The van der Waals surface area contributed by atoms with E-state index in [1.165, 1.54) is 22.7 Å². The molecule has 0 bridgehead atoms. The number of carbonyl (C=O) groups is 1. The van der Waals surface area contributed by atoms with Gasteiger partial charge in [0.05, 0.1) is 11.4 Å². The van der Waals surface area contributed by atoms with E-state index in [4.69, 9.17) is 0 Å². The van der Waals surface area contributed by atoms with Crippen molar-refractivity contribution < 1.29 is 18.0 Å². The molecular formula is C16H13F3N4O2S. The van der Waals surface area contributed by atoms with Gasteiger partial charge in [-0.3, -0.25) is 9.20 Å². The van der Waals surface area contributed by atoms with Gasteiger partial charge in [0.1, 0.15) is 6.54 Å². The zero-order valence-corrected chi connectivity index (χ0v) is 14.0. The fraction of sp³-hybridized carbons (Fsp3) is 0.188. The van der Waals surface area contributed by atoms with Gasteiger partial charge in [0, 0.05) is 11.1 Å². The molecule has 136 valence electrons. The van der Waals surface area contributed by atoms with Crippen molar-refractivity contribution in [2.24, 2.45) is 0 Å². The standard InChI is InChI=1S/C16H13F3N4O2S/c17-16(18,19)10-26-12-6-2-1-5-11(12)20-14(24)9-23-15(25)22-8-4-3-7-13(22)21-23/h1-8H,9-10H2,(H,20,24). The molecule has 0 aliphatic carbocycles. The topological polar surface area (TPSA) is 68.4 Å². The lowest BCUT2D eigenvalue weighted by Gasteiger charge is -2.11. The molecule has 1 N–H and O–H groups in total. The Morgan fingerprint density at radius 1 is 1.15 bits per heavy atom. The lowest BCUT2D eigenvalue weighted by Crippen LogP contribution is -2.28. The molecule has 0 atom stereocenters. The van der Waals surface area contributed by atoms with Crippen LogP contribution in [0.25, 0.3) is 5.65 Å². The van der Waals surface area contributed by atoms with Crippen molar-refractivity contribution in [3.63, 3.8) is 0 Å². The SMILES string of the molecule is O=C(Cn1nc2ccccn2c1=O)Nc1ccccc1SCC(F)(F)F. The zero-order valence-electron chi connectivity index (χ0n) is 13.2. The number of hydrogen-bond donors (Lipinski definition) is 1. The van der Waals surface area contributed by atoms with Gasteiger partial charge in [0.2, 0.25) is 5.91 Å². The first kappa shape index (κ1) is 18.1. The van der Waals surface area contributed by atoms with Crippen molar-refractivity contribution >= 4 is 29.0 Å². The number of halogens is 3. The number of rotatable bonds is 5. The average Bonchev–Trinajstić information content (AvgIpc) is 2.89. The van der Waals surface area contributed by atoms with E-state index in [-0.39, 0.29) is 12.2 Å². The Kier molecular flexibility index (Phi) is 5.03. The Morgan fingerprint density at radius 3 is 2.62 bits per heavy atom. The molecule has 0 aliphatic heterocycles. The number of aromatic nitrogens is 3. The maximum atomic E-state index is 12.4. The number of fused-ring (bicyclic) bond motifs is 1. The van der Waals surface area contributed by atoms with Crippen LogP contribution >= 0.6 is 11.8 Å². The fourth-order valence-electron chi connectivity index (χ4n) is 2.25. The summed E-state index contributed by atoms with van der Waals surface area (Å²) >= 11 is 0.581. The monoisotopic (exact) mass is 382 g/mol. The molecule has 0 aliphatic rings. The third-order valence-electron chi connectivity index (χ3n) is 3.33. The molecule has 0 saturated carbocycles. The van der Waals surface area contributed by atoms with Gasteiger partial charge >= 0.3 is 11.9 Å². The third kappa shape index (κ3) is 4.26. The van der Waals surface area contributed by atoms with E-state index >= 15 is 0 Å². The van der Waals surface area contributed by atoms with Crippen molar-refractivity contribution in [1.82, 2.24) is 14.2 Å². The quantitative estimate of drug-likeness (QED) is 0.689. The van der Waals surface area contributed by atoms with Crippen LogP contribution in [0.2, 0.25) is 0 Å². The molecule has 6 nitrogen and oxygen atoms in total. The highest BCUT2D eigenvalue weighted by molar-refractivity contribution is 7.99. The van der Waals surface area contributed by atoms with Crippen LogP contribution in [0.5, 0.6) is 0 Å². The zero-order chi connectivity index (χ0) is 18.7. The van der Waals surface area contributed by atoms with Crippen LogP contribution in [0.15, 0.2) is 58.4 Å². The number of alkyl halides is 3. The van der Waals surface area contributed by atoms with Gasteiger partial charge in [-0.1, -0.05) is 18.2 Å². The van der Waals surface area contributed by atoms with Crippen molar-refractivity contribution in [2.75, 3.05) is 11.1 Å². The maximum Gasteiger partial charge on any atom is 0.398 e. The minimum atomic E-state index is -4.31. The van der Waals surface area contributed by atoms with Crippen molar-refractivity contribution in [1.29, 1.82) is 0 Å². The van der Waals surface area contributed by atoms with E-state index < -0.39 is 23.5 Å². The van der Waals surface area contributed by atoms with Crippen LogP contribution in [-0.2, 0) is 11.3 Å². The Bertz CT molecular complexity index is 997. The van der Waals surface area contributed by atoms with Crippen LogP contribution in [0.1, 0.15) is 0 Å². The van der Waals surface area contributed by atoms with Crippen molar-refractivity contribution in [2.45, 2.75) is 17.6 Å². The van der Waals surface area contributed by atoms with Crippen molar-refractivity contribution in [3.05, 3.63) is 59.1 Å². The molecule has 26 heavy (non-hydrogen) atoms. The van der Waals surface area contributed by atoms with Crippen LogP contribution in [0.3, 0.4) is 0 Å². The summed E-state index contributed by atoms with van der Waals surface area (Å²) in [6.45, 7) is -0.348. The second-order valence-corrected chi connectivity index (χ2v) is 6.33. The molecule has 0 fully saturated rings. The Hall–Kier alpha value is -2.75. The van der Waals surface area contributed by atoms with Gasteiger partial charge in [-0.25, -0.2) is 9.48 Å². The van der Waals surface area contributed by atoms with E-state index in [1.807, 2.05) is 0 Å². The molecule has 3 aromatic rings. The highest BCUT2D eigenvalue weighted by Gasteiger charge is 2.27. The maximum absolute atomic E-state index is 12.4. The molecule has 10 heteroatoms. The minimum absolute atomic E-state index is 0.253. The molecule has 0 spiro atoms. The van der Waals surface area contributed by atoms with E-state index in [0.29, 0.717) is 22.3 Å². The Labute approximate surface area is 149 Å². The van der Waals surface area contributed by atoms with Gasteiger partial charge in [0.15, 0.2) is 5.65 Å². The number of carbonyl (C=O) groups excluding carboxylic acids is 1. The summed E-state index contributed by atoms with van der Waals surface area (Å²) in [5, 5.41) is 6.57. The molecular weight excluding hydrogens is 369 g/mol. The van der Waals surface area contributed by atoms with E-state index in [0.717, 1.165) is 4.68 Å². The Morgan fingerprint density at radius 2 is 1.88 bits per heavy atom. The average molecular weight is 382 g/mol. The lowest BCUT2D eigenvalue weighted by atomic mass is 10.3. The van der Waals surface area contributed by atoms with E-state index in [2.05, 4.69) is 10.4 Å². The minimum Gasteiger partial charge on any atom is -0.323 e. The predicted molar refractivity (Wildman–Crippen MR) is 91.3 cm³/mol. The highest BCUT2D eigenvalue weighted by atomic mass is 32.2. The van der Waals surface area contributed by atoms with Crippen molar-refractivity contribution in [3.8, 4) is 0 Å². The van der Waals surface area contributed by atoms with Crippen LogP contribution in [0, 0.1) is 0 Å².